The molecule has 0 amide bonds. The van der Waals surface area contributed by atoms with Gasteiger partial charge in [0, 0.05) is 23.8 Å². The highest BCUT2D eigenvalue weighted by molar-refractivity contribution is 7.20. The number of rotatable bonds is 5. The van der Waals surface area contributed by atoms with Gasteiger partial charge in [-0.1, -0.05) is 24.3 Å². The number of nitrogens with zero attached hydrogens (tertiary/aromatic N) is 1. The number of hydrogen-bond acceptors (Lipinski definition) is 0. The normalized spacial score (nSPS) is 11.5. The molecule has 1 heterocycles. The topological polar surface area (TPSA) is 3.88 Å². The van der Waals surface area contributed by atoms with Gasteiger partial charge in [-0.25, -0.2) is 87.8 Å². The molecule has 0 aliphatic carbocycles. The van der Waals surface area contributed by atoms with E-state index < -0.39 is 144 Å². The van der Waals surface area contributed by atoms with E-state index in [1.54, 1.807) is 0 Å². The molecule has 0 aliphatic heterocycles. The van der Waals surface area contributed by atoms with E-state index in [0.717, 1.165) is 0 Å². The van der Waals surface area contributed by atoms with Crippen molar-refractivity contribution in [2.45, 2.75) is 6.92 Å². The number of halogens is 20. The summed E-state index contributed by atoms with van der Waals surface area (Å²) >= 11 is 0. The third kappa shape index (κ3) is 6.37. The van der Waals surface area contributed by atoms with Crippen molar-refractivity contribution in [2.24, 2.45) is 0 Å². The highest BCUT2D eigenvalue weighted by Crippen LogP contribution is 2.30. The van der Waals surface area contributed by atoms with Gasteiger partial charge in [0.15, 0.2) is 82.2 Å². The van der Waals surface area contributed by atoms with E-state index in [9.17, 15) is 52.7 Å². The number of para-hydroxylation sites is 1. The fraction of sp³-hybridized carbons (Fsp3) is 0.0278. The Labute approximate surface area is 309 Å². The van der Waals surface area contributed by atoms with E-state index in [1.165, 1.54) is 11.3 Å². The van der Waals surface area contributed by atoms with Crippen LogP contribution in [0.25, 0.3) is 5.69 Å². The lowest BCUT2D eigenvalue weighted by Crippen LogP contribution is -2.81. The van der Waals surface area contributed by atoms with Crippen LogP contribution in [-0.2, 0) is 0 Å². The Morgan fingerprint density at radius 1 is 0.293 bits per heavy atom. The molecule has 5 aromatic carbocycles. The first-order valence-electron chi connectivity index (χ1n) is 15.3. The third-order valence-corrected chi connectivity index (χ3v) is 8.82. The van der Waals surface area contributed by atoms with Crippen LogP contribution in [0.5, 0.6) is 0 Å². The summed E-state index contributed by atoms with van der Waals surface area (Å²) in [6.45, 7) is 2.12. The van der Waals surface area contributed by atoms with Gasteiger partial charge < -0.3 is 0 Å². The predicted molar refractivity (Wildman–Crippen MR) is 162 cm³/mol. The van der Waals surface area contributed by atoms with Crippen LogP contribution in [0.2, 0.25) is 0 Å². The van der Waals surface area contributed by atoms with E-state index in [2.05, 4.69) is 48.1 Å². The molecule has 6 rings (SSSR count). The van der Waals surface area contributed by atoms with E-state index in [4.69, 9.17) is 0 Å². The van der Waals surface area contributed by atoms with E-state index in [0.29, 0.717) is 0 Å². The minimum atomic E-state index is -7.22. The third-order valence-electron chi connectivity index (χ3n) is 8.82. The lowest BCUT2D eigenvalue weighted by atomic mass is 9.12. The minimum Gasteiger partial charge on any atom is -0.207 e. The van der Waals surface area contributed by atoms with Gasteiger partial charge in [-0.2, -0.15) is 4.57 Å². The van der Waals surface area contributed by atoms with Crippen LogP contribution < -0.4 is 26.4 Å². The maximum Gasteiger partial charge on any atom is 0.213 e. The molecule has 58 heavy (non-hydrogen) atoms. The highest BCUT2D eigenvalue weighted by atomic mass is 19.2. The lowest BCUT2D eigenvalue weighted by Gasteiger charge is -2.44. The van der Waals surface area contributed by atoms with Gasteiger partial charge in [0.2, 0.25) is 5.69 Å². The Morgan fingerprint density at radius 3 is 0.759 bits per heavy atom. The second-order valence-corrected chi connectivity index (χ2v) is 11.9. The maximum atomic E-state index is 15.4. The van der Waals surface area contributed by atoms with Crippen LogP contribution >= 0.6 is 0 Å². The molecule has 0 saturated heterocycles. The largest absolute Gasteiger partial charge is 0.213 e. The van der Waals surface area contributed by atoms with Crippen molar-refractivity contribution in [3.8, 4) is 5.69 Å². The van der Waals surface area contributed by atoms with Crippen molar-refractivity contribution in [1.29, 1.82) is 0 Å². The zero-order valence-electron chi connectivity index (χ0n) is 27.8. The Hall–Kier alpha value is -6.09. The van der Waals surface area contributed by atoms with E-state index >= 15 is 35.1 Å². The number of aryl methyl sites for hydroxylation is 1. The Morgan fingerprint density at radius 2 is 0.517 bits per heavy atom. The summed E-state index contributed by atoms with van der Waals surface area (Å²) in [4.78, 5) is 0. The van der Waals surface area contributed by atoms with Gasteiger partial charge in [0.05, 0.1) is 0 Å². The maximum absolute atomic E-state index is 15.4. The molecule has 6 aromatic rings. The summed E-state index contributed by atoms with van der Waals surface area (Å²) in [5, 5.41) is 0. The zero-order chi connectivity index (χ0) is 43.5. The Balaban J connectivity index is 0.000000414. The van der Waals surface area contributed by atoms with E-state index in [-0.39, 0.29) is 0 Å². The molecule has 0 fully saturated rings. The molecule has 0 spiro atoms. The number of hydrogen-bond donors (Lipinski definition) is 0. The molecule has 22 heteroatoms. The number of benzene rings is 5. The van der Waals surface area contributed by atoms with E-state index in [1.807, 2.05) is 18.2 Å². The van der Waals surface area contributed by atoms with Gasteiger partial charge in [-0.3, -0.25) is 0 Å². The second-order valence-electron chi connectivity index (χ2n) is 11.9. The van der Waals surface area contributed by atoms with Crippen molar-refractivity contribution >= 4 is 28.0 Å². The van der Waals surface area contributed by atoms with Crippen LogP contribution in [0.15, 0.2) is 54.9 Å². The van der Waals surface area contributed by atoms with Crippen LogP contribution in [0.4, 0.5) is 87.8 Å². The molecule has 0 unspecified atom stereocenters. The van der Waals surface area contributed by atoms with Gasteiger partial charge in [0.25, 0.3) is 0 Å². The second kappa shape index (κ2) is 15.7. The predicted octanol–water partition coefficient (Wildman–Crippen LogP) is 8.12. The summed E-state index contributed by atoms with van der Waals surface area (Å²) < 4.78 is 296. The quantitative estimate of drug-likeness (QED) is 0.0543. The molecule has 0 saturated carbocycles. The summed E-state index contributed by atoms with van der Waals surface area (Å²) in [6, 6.07) is 14.4. The number of aromatic nitrogens is 1. The van der Waals surface area contributed by atoms with Crippen LogP contribution in [0, 0.1) is 123 Å². The molecule has 304 valence electrons. The summed E-state index contributed by atoms with van der Waals surface area (Å²) in [6.07, 6.45) is -3.10. The molecule has 0 N–H and O–H groups in total. The first-order chi connectivity index (χ1) is 27.1. The first-order valence-corrected chi connectivity index (χ1v) is 15.3. The molecular weight excluding hydrogens is 837 g/mol. The summed E-state index contributed by atoms with van der Waals surface area (Å²) in [5.41, 5.74) is -11.8. The van der Waals surface area contributed by atoms with Gasteiger partial charge >= 0.3 is 0 Å². The van der Waals surface area contributed by atoms with Crippen molar-refractivity contribution in [2.75, 3.05) is 0 Å². The molecule has 0 radical (unpaired) electrons. The zero-order valence-corrected chi connectivity index (χ0v) is 27.8. The lowest BCUT2D eigenvalue weighted by molar-refractivity contribution is -0.596. The molecule has 0 bridgehead atoms. The van der Waals surface area contributed by atoms with Gasteiger partial charge in [0.1, 0.15) is 52.7 Å². The molecule has 0 atom stereocenters. The smallest absolute Gasteiger partial charge is 0.207 e. The van der Waals surface area contributed by atoms with Crippen LogP contribution in [0.3, 0.4) is 0 Å². The Kier molecular flexibility index (Phi) is 11.6. The van der Waals surface area contributed by atoms with Crippen molar-refractivity contribution in [3.05, 3.63) is 177 Å². The summed E-state index contributed by atoms with van der Waals surface area (Å²) in [5.74, 6) is -71.4. The average Bonchev–Trinajstić information content (AvgIpc) is 3.21. The van der Waals surface area contributed by atoms with Crippen molar-refractivity contribution in [1.82, 2.24) is 0 Å². The fourth-order valence-corrected chi connectivity index (χ4v) is 6.29. The number of pyridine rings is 1. The first kappa shape index (κ1) is 43.0. The Bertz CT molecular complexity index is 2250. The molecule has 1 nitrogen and oxygen atoms in total. The standard InChI is InChI=1S/C24BF20.C12H12N/c26-5-1(6(27)14(35)21(42)13(5)34)25(2-7(28)15(36)22(43)16(37)8(2)29,3-9(30)17(38)23(44)18(39)10(3)31)4-11(32)19(40)24(45)20(41)12(4)33;1-11-7-3-4-8-12(11)13-9-5-2-6-10-13/h;2-10H,1H3/q-1;+1. The SMILES string of the molecule is Cc1ccccc1-[n+]1ccccc1.Fc1c(F)c(F)c([B-](c2c(F)c(F)c(F)c(F)c2F)(c2c(F)c(F)c(F)c(F)c2F)c2c(F)c(F)c(F)c(F)c2F)c(F)c1F. The van der Waals surface area contributed by atoms with Gasteiger partial charge in [-0.05, 0) is 6.92 Å². The molecular formula is C36H12BF20N. The molecule has 0 aliphatic rings. The van der Waals surface area contributed by atoms with Crippen molar-refractivity contribution < 1.29 is 92.4 Å². The van der Waals surface area contributed by atoms with Crippen LogP contribution in [0.1, 0.15) is 5.56 Å². The highest BCUT2D eigenvalue weighted by Gasteiger charge is 2.52. The monoisotopic (exact) mass is 849 g/mol. The fourth-order valence-electron chi connectivity index (χ4n) is 6.29. The van der Waals surface area contributed by atoms with Crippen molar-refractivity contribution in [3.63, 3.8) is 0 Å². The summed E-state index contributed by atoms with van der Waals surface area (Å²) in [7, 11) is 0. The van der Waals surface area contributed by atoms with Gasteiger partial charge in [-0.15, -0.1) is 21.9 Å². The average molecular weight is 849 g/mol. The molecule has 1 aromatic heterocycles. The minimum absolute atomic E-state index is 1.24. The van der Waals surface area contributed by atoms with Crippen LogP contribution in [-0.4, -0.2) is 6.15 Å².